The van der Waals surface area contributed by atoms with Crippen LogP contribution in [0.4, 0.5) is 0 Å². The number of allylic oxidation sites excluding steroid dienone is 1. The van der Waals surface area contributed by atoms with Gasteiger partial charge in [0.05, 0.1) is 12.9 Å². The van der Waals surface area contributed by atoms with Gasteiger partial charge in [-0.15, -0.1) is 6.58 Å². The zero-order valence-corrected chi connectivity index (χ0v) is 11.9. The molecule has 1 rings (SSSR count). The van der Waals surface area contributed by atoms with Crippen LogP contribution in [0.3, 0.4) is 0 Å². The van der Waals surface area contributed by atoms with Crippen molar-refractivity contribution in [1.82, 2.24) is 0 Å². The van der Waals surface area contributed by atoms with Gasteiger partial charge in [0, 0.05) is 7.11 Å². The second-order valence-corrected chi connectivity index (χ2v) is 5.58. The van der Waals surface area contributed by atoms with Crippen LogP contribution in [0.15, 0.2) is 30.9 Å². The number of methoxy groups -OCH3 is 1. The van der Waals surface area contributed by atoms with Crippen LogP contribution in [0.5, 0.6) is 5.75 Å². The summed E-state index contributed by atoms with van der Waals surface area (Å²) in [6, 6.07) is 5.39. The molecule has 0 heterocycles. The highest BCUT2D eigenvalue weighted by atomic mass is 32.2. The van der Waals surface area contributed by atoms with E-state index in [1.54, 1.807) is 18.2 Å². The topological polar surface area (TPSA) is 61.8 Å². The average Bonchev–Trinajstić information content (AvgIpc) is 2.35. The molecule has 0 aromatic heterocycles. The Bertz CT molecular complexity index is 522. The van der Waals surface area contributed by atoms with Gasteiger partial charge in [0.25, 0.3) is 10.1 Å². The largest absolute Gasteiger partial charge is 0.468 e. The Labute approximate surface area is 113 Å². The van der Waals surface area contributed by atoms with Gasteiger partial charge >= 0.3 is 0 Å². The summed E-state index contributed by atoms with van der Waals surface area (Å²) < 4.78 is 37.0. The molecule has 0 aliphatic carbocycles. The summed E-state index contributed by atoms with van der Waals surface area (Å²) in [4.78, 5) is 0. The lowest BCUT2D eigenvalue weighted by molar-refractivity contribution is 0.0510. The van der Waals surface area contributed by atoms with E-state index in [9.17, 15) is 8.42 Å². The quantitative estimate of drug-likeness (QED) is 0.415. The molecule has 0 aliphatic rings. The van der Waals surface area contributed by atoms with Gasteiger partial charge in [-0.25, -0.2) is 0 Å². The van der Waals surface area contributed by atoms with Crippen LogP contribution in [0.1, 0.15) is 11.1 Å². The molecule has 0 unspecified atom stereocenters. The van der Waals surface area contributed by atoms with Gasteiger partial charge in [-0.1, -0.05) is 12.1 Å². The van der Waals surface area contributed by atoms with Gasteiger partial charge in [0.2, 0.25) is 0 Å². The number of benzene rings is 1. The van der Waals surface area contributed by atoms with Crippen molar-refractivity contribution >= 4 is 10.1 Å². The van der Waals surface area contributed by atoms with Gasteiger partial charge < -0.3 is 9.47 Å². The molecule has 0 radical (unpaired) electrons. The van der Waals surface area contributed by atoms with E-state index in [1.807, 2.05) is 6.07 Å². The minimum atomic E-state index is -3.48. The Morgan fingerprint density at radius 3 is 2.63 bits per heavy atom. The van der Waals surface area contributed by atoms with E-state index in [0.29, 0.717) is 12.2 Å². The van der Waals surface area contributed by atoms with Gasteiger partial charge in [0.1, 0.15) is 5.75 Å². The number of ether oxygens (including phenoxy) is 2. The molecular weight excluding hydrogens is 268 g/mol. The van der Waals surface area contributed by atoms with Gasteiger partial charge in [-0.3, -0.25) is 4.18 Å². The fourth-order valence-electron chi connectivity index (χ4n) is 1.48. The van der Waals surface area contributed by atoms with Crippen molar-refractivity contribution in [2.75, 3.05) is 20.2 Å². The normalized spacial score (nSPS) is 11.3. The van der Waals surface area contributed by atoms with Crippen molar-refractivity contribution in [1.29, 1.82) is 0 Å². The SMILES string of the molecule is C=CCc1ccc(OCOC)cc1COS(C)(=O)=O. The highest BCUT2D eigenvalue weighted by Crippen LogP contribution is 2.20. The second kappa shape index (κ2) is 7.28. The molecule has 0 atom stereocenters. The lowest BCUT2D eigenvalue weighted by Gasteiger charge is -2.11. The van der Waals surface area contributed by atoms with Crippen LogP contribution < -0.4 is 4.74 Å². The number of hydrogen-bond donors (Lipinski definition) is 0. The lowest BCUT2D eigenvalue weighted by Crippen LogP contribution is -2.06. The Morgan fingerprint density at radius 2 is 2.05 bits per heavy atom. The Morgan fingerprint density at radius 1 is 1.32 bits per heavy atom. The summed E-state index contributed by atoms with van der Waals surface area (Å²) in [5.74, 6) is 0.599. The van der Waals surface area contributed by atoms with Gasteiger partial charge in [-0.05, 0) is 29.7 Å². The summed E-state index contributed by atoms with van der Waals surface area (Å²) in [5.41, 5.74) is 1.70. The first kappa shape index (κ1) is 15.7. The van der Waals surface area contributed by atoms with Crippen molar-refractivity contribution in [2.24, 2.45) is 0 Å². The zero-order valence-electron chi connectivity index (χ0n) is 11.1. The first-order valence-electron chi connectivity index (χ1n) is 5.65. The van der Waals surface area contributed by atoms with Crippen molar-refractivity contribution in [3.8, 4) is 5.75 Å². The standard InChI is InChI=1S/C13H18O5S/c1-4-5-11-6-7-13(17-10-16-2)8-12(11)9-18-19(3,14)15/h4,6-8H,1,5,9-10H2,2-3H3. The molecule has 0 bridgehead atoms. The molecule has 6 heteroatoms. The summed E-state index contributed by atoms with van der Waals surface area (Å²) in [6.07, 6.45) is 3.40. The van der Waals surface area contributed by atoms with Crippen molar-refractivity contribution < 1.29 is 22.1 Å². The van der Waals surface area contributed by atoms with Gasteiger partial charge in [-0.2, -0.15) is 8.42 Å². The molecule has 0 aliphatic heterocycles. The third kappa shape index (κ3) is 5.87. The second-order valence-electron chi connectivity index (χ2n) is 3.94. The summed E-state index contributed by atoms with van der Waals surface area (Å²) in [5, 5.41) is 0. The Kier molecular flexibility index (Phi) is 6.01. The van der Waals surface area contributed by atoms with Crippen molar-refractivity contribution in [2.45, 2.75) is 13.0 Å². The van der Waals surface area contributed by atoms with E-state index < -0.39 is 10.1 Å². The first-order valence-corrected chi connectivity index (χ1v) is 7.46. The van der Waals surface area contributed by atoms with Crippen LogP contribution in [0.2, 0.25) is 0 Å². The number of rotatable bonds is 8. The molecule has 0 spiro atoms. The smallest absolute Gasteiger partial charge is 0.264 e. The van der Waals surface area contributed by atoms with Crippen LogP contribution in [-0.2, 0) is 32.1 Å². The average molecular weight is 286 g/mol. The van der Waals surface area contributed by atoms with Crippen LogP contribution in [0, 0.1) is 0 Å². The molecule has 0 saturated heterocycles. The highest BCUT2D eigenvalue weighted by molar-refractivity contribution is 7.85. The molecule has 0 amide bonds. The molecule has 19 heavy (non-hydrogen) atoms. The van der Waals surface area contributed by atoms with E-state index in [0.717, 1.165) is 17.4 Å². The fraction of sp³-hybridized carbons (Fsp3) is 0.385. The molecule has 1 aromatic carbocycles. The summed E-state index contributed by atoms with van der Waals surface area (Å²) in [7, 11) is -1.95. The molecule has 0 fully saturated rings. The number of hydrogen-bond acceptors (Lipinski definition) is 5. The summed E-state index contributed by atoms with van der Waals surface area (Å²) >= 11 is 0. The maximum absolute atomic E-state index is 11.0. The fourth-order valence-corrected chi connectivity index (χ4v) is 1.82. The Hall–Kier alpha value is -1.37. The van der Waals surface area contributed by atoms with Crippen LogP contribution >= 0.6 is 0 Å². The molecule has 1 aromatic rings. The molecular formula is C13H18O5S. The predicted octanol–water partition coefficient (Wildman–Crippen LogP) is 1.87. The molecule has 106 valence electrons. The summed E-state index contributed by atoms with van der Waals surface area (Å²) in [6.45, 7) is 3.78. The monoisotopic (exact) mass is 286 g/mol. The predicted molar refractivity (Wildman–Crippen MR) is 72.5 cm³/mol. The molecule has 0 N–H and O–H groups in total. The van der Waals surface area contributed by atoms with E-state index in [1.165, 1.54) is 7.11 Å². The Balaban J connectivity index is 2.90. The van der Waals surface area contributed by atoms with Crippen LogP contribution in [0.25, 0.3) is 0 Å². The molecule has 5 nitrogen and oxygen atoms in total. The van der Waals surface area contributed by atoms with E-state index in [2.05, 4.69) is 6.58 Å². The highest BCUT2D eigenvalue weighted by Gasteiger charge is 2.08. The third-order valence-electron chi connectivity index (χ3n) is 2.31. The van der Waals surface area contributed by atoms with Crippen molar-refractivity contribution in [3.05, 3.63) is 42.0 Å². The zero-order chi connectivity index (χ0) is 14.3. The molecule has 0 saturated carbocycles. The minimum absolute atomic E-state index is 0.0216. The van der Waals surface area contributed by atoms with Crippen molar-refractivity contribution in [3.63, 3.8) is 0 Å². The van der Waals surface area contributed by atoms with Gasteiger partial charge in [0.15, 0.2) is 6.79 Å². The third-order valence-corrected chi connectivity index (χ3v) is 2.86. The first-order chi connectivity index (χ1) is 8.96. The lowest BCUT2D eigenvalue weighted by atomic mass is 10.0. The van der Waals surface area contributed by atoms with E-state index in [-0.39, 0.29) is 13.4 Å². The van der Waals surface area contributed by atoms with Crippen LogP contribution in [-0.4, -0.2) is 28.6 Å². The van der Waals surface area contributed by atoms with E-state index in [4.69, 9.17) is 13.7 Å². The minimum Gasteiger partial charge on any atom is -0.468 e. The maximum Gasteiger partial charge on any atom is 0.264 e. The van der Waals surface area contributed by atoms with E-state index >= 15 is 0 Å². The maximum atomic E-state index is 11.0.